The standard InChI is InChI=1S/C15H13FN4O/c1-9-11(12-7-10(16)3-4-13(12)19-9)8-14(21)20-15-17-5-2-6-18-15/h2-7,19H,8H2,1H3,(H,17,18,20,21). The molecular formula is C15H13FN4O. The SMILES string of the molecule is Cc1[nH]c2ccc(F)cc2c1CC(=O)Nc1ncccn1. The molecule has 1 aromatic carbocycles. The number of aromatic amines is 1. The van der Waals surface area contributed by atoms with Crippen LogP contribution in [-0.2, 0) is 11.2 Å². The molecule has 1 amide bonds. The molecule has 0 radical (unpaired) electrons. The minimum absolute atomic E-state index is 0.132. The van der Waals surface area contributed by atoms with Gasteiger partial charge >= 0.3 is 0 Å². The van der Waals surface area contributed by atoms with E-state index in [2.05, 4.69) is 20.3 Å². The van der Waals surface area contributed by atoms with E-state index < -0.39 is 0 Å². The third-order valence-corrected chi connectivity index (χ3v) is 3.24. The molecule has 0 aliphatic heterocycles. The van der Waals surface area contributed by atoms with Crippen LogP contribution >= 0.6 is 0 Å². The summed E-state index contributed by atoms with van der Waals surface area (Å²) >= 11 is 0. The van der Waals surface area contributed by atoms with Gasteiger partial charge in [-0.15, -0.1) is 0 Å². The van der Waals surface area contributed by atoms with Crippen molar-refractivity contribution in [2.45, 2.75) is 13.3 Å². The summed E-state index contributed by atoms with van der Waals surface area (Å²) in [5.74, 6) is -0.310. The fourth-order valence-corrected chi connectivity index (χ4v) is 2.28. The highest BCUT2D eigenvalue weighted by Crippen LogP contribution is 2.23. The van der Waals surface area contributed by atoms with Crippen molar-refractivity contribution in [3.63, 3.8) is 0 Å². The number of carbonyl (C=O) groups is 1. The van der Waals surface area contributed by atoms with E-state index in [-0.39, 0.29) is 24.1 Å². The van der Waals surface area contributed by atoms with Crippen molar-refractivity contribution >= 4 is 22.8 Å². The summed E-state index contributed by atoms with van der Waals surface area (Å²) in [6.07, 6.45) is 3.23. The first-order valence-electron chi connectivity index (χ1n) is 6.47. The number of aryl methyl sites for hydroxylation is 1. The normalized spacial score (nSPS) is 10.8. The Morgan fingerprint density at radius 2 is 2.10 bits per heavy atom. The van der Waals surface area contributed by atoms with E-state index in [4.69, 9.17) is 0 Å². The summed E-state index contributed by atoms with van der Waals surface area (Å²) < 4.78 is 13.4. The van der Waals surface area contributed by atoms with E-state index in [1.54, 1.807) is 24.5 Å². The zero-order chi connectivity index (χ0) is 14.8. The van der Waals surface area contributed by atoms with Crippen LogP contribution in [0.4, 0.5) is 10.3 Å². The van der Waals surface area contributed by atoms with E-state index in [1.807, 2.05) is 6.92 Å². The molecule has 0 saturated carbocycles. The van der Waals surface area contributed by atoms with E-state index >= 15 is 0 Å². The number of nitrogens with one attached hydrogen (secondary N) is 2. The van der Waals surface area contributed by atoms with Crippen LogP contribution in [0.2, 0.25) is 0 Å². The first-order chi connectivity index (χ1) is 10.1. The highest BCUT2D eigenvalue weighted by Gasteiger charge is 2.13. The van der Waals surface area contributed by atoms with Crippen LogP contribution in [0.1, 0.15) is 11.3 Å². The molecule has 5 nitrogen and oxygen atoms in total. The summed E-state index contributed by atoms with van der Waals surface area (Å²) in [6.45, 7) is 1.86. The van der Waals surface area contributed by atoms with Gasteiger partial charge in [-0.05, 0) is 36.8 Å². The Labute approximate surface area is 120 Å². The maximum absolute atomic E-state index is 13.4. The van der Waals surface area contributed by atoms with Crippen LogP contribution in [0.5, 0.6) is 0 Å². The van der Waals surface area contributed by atoms with Gasteiger partial charge in [0.2, 0.25) is 11.9 Å². The predicted molar refractivity (Wildman–Crippen MR) is 77.4 cm³/mol. The number of fused-ring (bicyclic) bond motifs is 1. The average Bonchev–Trinajstić information content (AvgIpc) is 2.76. The fraction of sp³-hybridized carbons (Fsp3) is 0.133. The second-order valence-corrected chi connectivity index (χ2v) is 4.72. The number of rotatable bonds is 3. The first kappa shape index (κ1) is 13.2. The molecule has 6 heteroatoms. The molecule has 2 aromatic heterocycles. The summed E-state index contributed by atoms with van der Waals surface area (Å²) in [5.41, 5.74) is 2.44. The van der Waals surface area contributed by atoms with Gasteiger partial charge < -0.3 is 4.98 Å². The Hall–Kier alpha value is -2.76. The number of hydrogen-bond donors (Lipinski definition) is 2. The fourth-order valence-electron chi connectivity index (χ4n) is 2.28. The average molecular weight is 284 g/mol. The highest BCUT2D eigenvalue weighted by atomic mass is 19.1. The molecule has 3 aromatic rings. The molecule has 0 aliphatic carbocycles. The number of H-pyrrole nitrogens is 1. The van der Waals surface area contributed by atoms with Gasteiger partial charge in [-0.1, -0.05) is 0 Å². The highest BCUT2D eigenvalue weighted by molar-refractivity contribution is 5.95. The van der Waals surface area contributed by atoms with Crippen molar-refractivity contribution in [1.82, 2.24) is 15.0 Å². The van der Waals surface area contributed by atoms with Gasteiger partial charge in [0, 0.05) is 29.0 Å². The number of amides is 1. The molecule has 2 heterocycles. The van der Waals surface area contributed by atoms with Gasteiger partial charge in [0.1, 0.15) is 5.82 Å². The maximum Gasteiger partial charge on any atom is 0.231 e. The molecule has 21 heavy (non-hydrogen) atoms. The zero-order valence-corrected chi connectivity index (χ0v) is 11.4. The molecule has 0 aliphatic rings. The number of carbonyl (C=O) groups excluding carboxylic acids is 1. The molecule has 0 fully saturated rings. The van der Waals surface area contributed by atoms with Crippen LogP contribution in [0.3, 0.4) is 0 Å². The molecule has 0 saturated heterocycles. The molecule has 106 valence electrons. The zero-order valence-electron chi connectivity index (χ0n) is 11.4. The Kier molecular flexibility index (Phi) is 3.35. The lowest BCUT2D eigenvalue weighted by molar-refractivity contribution is -0.115. The van der Waals surface area contributed by atoms with Gasteiger partial charge in [0.05, 0.1) is 6.42 Å². The van der Waals surface area contributed by atoms with E-state index in [1.165, 1.54) is 12.1 Å². The summed E-state index contributed by atoms with van der Waals surface area (Å²) in [5, 5.41) is 3.34. The first-order valence-corrected chi connectivity index (χ1v) is 6.47. The monoisotopic (exact) mass is 284 g/mol. The van der Waals surface area contributed by atoms with Gasteiger partial charge in [-0.2, -0.15) is 0 Å². The van der Waals surface area contributed by atoms with E-state index in [9.17, 15) is 9.18 Å². The van der Waals surface area contributed by atoms with Crippen LogP contribution in [0, 0.1) is 12.7 Å². The molecule has 2 N–H and O–H groups in total. The quantitative estimate of drug-likeness (QED) is 0.776. The van der Waals surface area contributed by atoms with Crippen molar-refractivity contribution in [2.24, 2.45) is 0 Å². The third-order valence-electron chi connectivity index (χ3n) is 3.24. The van der Waals surface area contributed by atoms with Crippen LogP contribution in [-0.4, -0.2) is 20.9 Å². The number of halogens is 1. The Morgan fingerprint density at radius 3 is 2.86 bits per heavy atom. The van der Waals surface area contributed by atoms with Gasteiger partial charge in [0.15, 0.2) is 0 Å². The summed E-state index contributed by atoms with van der Waals surface area (Å²) in [7, 11) is 0. The van der Waals surface area contributed by atoms with Crippen molar-refractivity contribution in [2.75, 3.05) is 5.32 Å². The minimum Gasteiger partial charge on any atom is -0.358 e. The summed E-state index contributed by atoms with van der Waals surface area (Å²) in [6, 6.07) is 6.15. The number of benzene rings is 1. The second kappa shape index (κ2) is 5.32. The van der Waals surface area contributed by atoms with Crippen molar-refractivity contribution < 1.29 is 9.18 Å². The lowest BCUT2D eigenvalue weighted by Crippen LogP contribution is -2.16. The largest absolute Gasteiger partial charge is 0.358 e. The van der Waals surface area contributed by atoms with Gasteiger partial charge in [0.25, 0.3) is 0 Å². The van der Waals surface area contributed by atoms with E-state index in [0.717, 1.165) is 22.2 Å². The van der Waals surface area contributed by atoms with Crippen molar-refractivity contribution in [3.05, 3.63) is 53.7 Å². The molecular weight excluding hydrogens is 271 g/mol. The number of hydrogen-bond acceptors (Lipinski definition) is 3. The van der Waals surface area contributed by atoms with Crippen LogP contribution < -0.4 is 5.32 Å². The molecule has 3 rings (SSSR count). The van der Waals surface area contributed by atoms with Gasteiger partial charge in [-0.25, -0.2) is 14.4 Å². The number of anilines is 1. The molecule has 0 spiro atoms. The Morgan fingerprint density at radius 1 is 1.33 bits per heavy atom. The predicted octanol–water partition coefficient (Wildman–Crippen LogP) is 2.59. The minimum atomic E-state index is -0.324. The molecule has 0 unspecified atom stereocenters. The maximum atomic E-state index is 13.4. The van der Waals surface area contributed by atoms with Crippen LogP contribution in [0.15, 0.2) is 36.7 Å². The van der Waals surface area contributed by atoms with Crippen LogP contribution in [0.25, 0.3) is 10.9 Å². The lowest BCUT2D eigenvalue weighted by atomic mass is 10.1. The van der Waals surface area contributed by atoms with Crippen molar-refractivity contribution in [1.29, 1.82) is 0 Å². The number of aromatic nitrogens is 3. The van der Waals surface area contributed by atoms with Gasteiger partial charge in [-0.3, -0.25) is 10.1 Å². The third kappa shape index (κ3) is 2.74. The topological polar surface area (TPSA) is 70.7 Å². The molecule has 0 bridgehead atoms. The molecule has 0 atom stereocenters. The van der Waals surface area contributed by atoms with E-state index in [0.29, 0.717) is 0 Å². The van der Waals surface area contributed by atoms with Crippen molar-refractivity contribution in [3.8, 4) is 0 Å². The number of nitrogens with zero attached hydrogens (tertiary/aromatic N) is 2. The second-order valence-electron chi connectivity index (χ2n) is 4.72. The Balaban J connectivity index is 1.86. The smallest absolute Gasteiger partial charge is 0.231 e. The Bertz CT molecular complexity index is 798. The lowest BCUT2D eigenvalue weighted by Gasteiger charge is -2.03. The summed E-state index contributed by atoms with van der Waals surface area (Å²) in [4.78, 5) is 23.1.